The van der Waals surface area contributed by atoms with Crippen molar-refractivity contribution < 1.29 is 9.53 Å². The van der Waals surface area contributed by atoms with Gasteiger partial charge in [-0.25, -0.2) is 4.98 Å². The minimum absolute atomic E-state index is 0.0607. The van der Waals surface area contributed by atoms with Crippen LogP contribution in [0.25, 0.3) is 11.1 Å². The Morgan fingerprint density at radius 1 is 1.08 bits per heavy atom. The van der Waals surface area contributed by atoms with Crippen LogP contribution < -0.4 is 15.0 Å². The second-order valence-electron chi connectivity index (χ2n) is 5.99. The Kier molecular flexibility index (Phi) is 4.22. The van der Waals surface area contributed by atoms with E-state index in [1.54, 1.807) is 18.1 Å². The molecule has 130 valence electrons. The van der Waals surface area contributed by atoms with E-state index >= 15 is 0 Å². The molecule has 1 aromatic heterocycles. The van der Waals surface area contributed by atoms with Gasteiger partial charge in [-0.15, -0.1) is 0 Å². The van der Waals surface area contributed by atoms with Crippen LogP contribution in [0.3, 0.4) is 0 Å². The smallest absolute Gasteiger partial charge is 0.264 e. The Balaban J connectivity index is 1.64. The number of nitrogens with zero attached hydrogens (tertiary/aromatic N) is 2. The molecular formula is C20H16ClN3O2. The van der Waals surface area contributed by atoms with Crippen LogP contribution in [-0.2, 0) is 4.79 Å². The summed E-state index contributed by atoms with van der Waals surface area (Å²) in [6, 6.07) is 17.1. The number of rotatable bonds is 3. The number of anilines is 3. The molecule has 0 aliphatic carbocycles. The third kappa shape index (κ3) is 3.21. The van der Waals surface area contributed by atoms with E-state index in [4.69, 9.17) is 16.3 Å². The lowest BCUT2D eigenvalue weighted by molar-refractivity contribution is -0.120. The number of carbonyl (C=O) groups excluding carboxylic acids is 1. The van der Waals surface area contributed by atoms with Crippen molar-refractivity contribution in [3.8, 4) is 16.9 Å². The van der Waals surface area contributed by atoms with Crippen LogP contribution >= 0.6 is 11.6 Å². The molecule has 0 unspecified atom stereocenters. The lowest BCUT2D eigenvalue weighted by Gasteiger charge is -2.26. The summed E-state index contributed by atoms with van der Waals surface area (Å²) in [6.45, 7) is 0.0767. The molecule has 0 fully saturated rings. The Morgan fingerprint density at radius 2 is 1.85 bits per heavy atom. The molecule has 6 heteroatoms. The topological polar surface area (TPSA) is 54.5 Å². The molecule has 4 rings (SSSR count). The van der Waals surface area contributed by atoms with E-state index in [-0.39, 0.29) is 12.5 Å². The van der Waals surface area contributed by atoms with Crippen molar-refractivity contribution in [3.05, 3.63) is 65.8 Å². The number of halogens is 1. The van der Waals surface area contributed by atoms with E-state index in [1.807, 2.05) is 54.6 Å². The van der Waals surface area contributed by atoms with Crippen LogP contribution in [0, 0.1) is 0 Å². The van der Waals surface area contributed by atoms with Gasteiger partial charge in [-0.05, 0) is 59.7 Å². The van der Waals surface area contributed by atoms with Gasteiger partial charge in [0.2, 0.25) is 0 Å². The van der Waals surface area contributed by atoms with Crippen LogP contribution in [0.1, 0.15) is 0 Å². The van der Waals surface area contributed by atoms with Crippen LogP contribution in [0.4, 0.5) is 17.2 Å². The highest BCUT2D eigenvalue weighted by Gasteiger charge is 2.22. The van der Waals surface area contributed by atoms with E-state index in [1.165, 1.54) is 0 Å². The molecule has 0 saturated heterocycles. The number of fused-ring (bicyclic) bond motifs is 1. The number of ether oxygens (including phenoxy) is 1. The largest absolute Gasteiger partial charge is 0.482 e. The lowest BCUT2D eigenvalue weighted by Crippen LogP contribution is -2.35. The van der Waals surface area contributed by atoms with E-state index in [2.05, 4.69) is 10.3 Å². The zero-order chi connectivity index (χ0) is 18.1. The summed E-state index contributed by atoms with van der Waals surface area (Å²) in [5.74, 6) is 1.38. The highest BCUT2D eigenvalue weighted by molar-refractivity contribution is 6.30. The molecule has 3 aromatic rings. The number of aromatic nitrogens is 1. The van der Waals surface area contributed by atoms with Gasteiger partial charge < -0.3 is 15.0 Å². The van der Waals surface area contributed by atoms with Crippen molar-refractivity contribution >= 4 is 34.7 Å². The maximum atomic E-state index is 11.9. The summed E-state index contributed by atoms with van der Waals surface area (Å²) < 4.78 is 5.48. The zero-order valence-electron chi connectivity index (χ0n) is 14.1. The first-order valence-corrected chi connectivity index (χ1v) is 8.50. The molecule has 0 radical (unpaired) electrons. The van der Waals surface area contributed by atoms with Crippen LogP contribution in [0.5, 0.6) is 5.75 Å². The number of nitrogens with one attached hydrogen (secondary N) is 1. The van der Waals surface area contributed by atoms with E-state index in [0.29, 0.717) is 10.8 Å². The molecule has 1 aliphatic heterocycles. The van der Waals surface area contributed by atoms with E-state index in [9.17, 15) is 4.79 Å². The van der Waals surface area contributed by atoms with Crippen molar-refractivity contribution in [2.45, 2.75) is 0 Å². The van der Waals surface area contributed by atoms with Crippen molar-refractivity contribution in [3.63, 3.8) is 0 Å². The summed E-state index contributed by atoms with van der Waals surface area (Å²) >= 11 is 5.92. The number of pyridine rings is 1. The number of carbonyl (C=O) groups is 1. The van der Waals surface area contributed by atoms with Crippen LogP contribution in [0.15, 0.2) is 60.8 Å². The highest BCUT2D eigenvalue weighted by atomic mass is 35.5. The van der Waals surface area contributed by atoms with E-state index < -0.39 is 0 Å². The lowest BCUT2D eigenvalue weighted by atomic mass is 10.0. The summed E-state index contributed by atoms with van der Waals surface area (Å²) in [4.78, 5) is 17.8. The zero-order valence-corrected chi connectivity index (χ0v) is 14.8. The molecular weight excluding hydrogens is 350 g/mol. The Hall–Kier alpha value is -3.05. The summed E-state index contributed by atoms with van der Waals surface area (Å²) in [5, 5.41) is 3.95. The summed E-state index contributed by atoms with van der Waals surface area (Å²) in [6.07, 6.45) is 1.75. The monoisotopic (exact) mass is 365 g/mol. The van der Waals surface area contributed by atoms with Gasteiger partial charge in [0.1, 0.15) is 11.6 Å². The molecule has 2 heterocycles. The summed E-state index contributed by atoms with van der Waals surface area (Å²) in [5.41, 5.74) is 3.65. The molecule has 1 aliphatic rings. The first kappa shape index (κ1) is 16.4. The number of hydrogen-bond donors (Lipinski definition) is 1. The minimum Gasteiger partial charge on any atom is -0.482 e. The molecule has 0 atom stereocenters. The van der Waals surface area contributed by atoms with Crippen LogP contribution in [-0.4, -0.2) is 24.5 Å². The second kappa shape index (κ2) is 6.69. The van der Waals surface area contributed by atoms with Crippen molar-refractivity contribution in [2.24, 2.45) is 0 Å². The van der Waals surface area contributed by atoms with E-state index in [0.717, 1.165) is 28.3 Å². The highest BCUT2D eigenvalue weighted by Crippen LogP contribution is 2.35. The summed E-state index contributed by atoms with van der Waals surface area (Å²) in [7, 11) is 1.76. The van der Waals surface area contributed by atoms with Gasteiger partial charge in [0.05, 0.1) is 5.69 Å². The number of hydrogen-bond acceptors (Lipinski definition) is 4. The molecule has 1 N–H and O–H groups in total. The first-order valence-electron chi connectivity index (χ1n) is 8.12. The van der Waals surface area contributed by atoms with Gasteiger partial charge in [0.25, 0.3) is 5.91 Å². The fraction of sp³-hybridized carbons (Fsp3) is 0.100. The average molecular weight is 366 g/mol. The number of amides is 1. The van der Waals surface area contributed by atoms with Crippen molar-refractivity contribution in [2.75, 3.05) is 23.9 Å². The molecule has 5 nitrogen and oxygen atoms in total. The molecule has 26 heavy (non-hydrogen) atoms. The number of likely N-dealkylation sites (N-methyl/N-ethyl adjacent to an activating group) is 1. The van der Waals surface area contributed by atoms with Gasteiger partial charge in [0.15, 0.2) is 6.61 Å². The molecule has 0 bridgehead atoms. The quantitative estimate of drug-likeness (QED) is 0.742. The minimum atomic E-state index is -0.0607. The van der Waals surface area contributed by atoms with Gasteiger partial charge in [-0.3, -0.25) is 4.79 Å². The Morgan fingerprint density at radius 3 is 2.65 bits per heavy atom. The third-order valence-electron chi connectivity index (χ3n) is 4.26. The van der Waals surface area contributed by atoms with Crippen molar-refractivity contribution in [1.29, 1.82) is 0 Å². The average Bonchev–Trinajstić information content (AvgIpc) is 2.67. The fourth-order valence-electron chi connectivity index (χ4n) is 2.81. The molecule has 0 spiro atoms. The van der Waals surface area contributed by atoms with Gasteiger partial charge in [-0.2, -0.15) is 0 Å². The first-order chi connectivity index (χ1) is 12.6. The molecule has 0 saturated carbocycles. The Labute approximate surface area is 156 Å². The second-order valence-corrected chi connectivity index (χ2v) is 6.42. The number of benzene rings is 2. The van der Waals surface area contributed by atoms with Crippen molar-refractivity contribution in [1.82, 2.24) is 4.98 Å². The maximum absolute atomic E-state index is 11.9. The standard InChI is InChI=1S/C20H16ClN3O2/c1-24-17-10-13(2-7-18(17)26-12-20(24)25)14-8-9-22-19(11-14)23-16-5-3-15(21)4-6-16/h2-11H,12H2,1H3,(H,22,23). The maximum Gasteiger partial charge on any atom is 0.264 e. The SMILES string of the molecule is CN1C(=O)COc2ccc(-c3ccnc(Nc4ccc(Cl)cc4)c3)cc21. The predicted molar refractivity (Wildman–Crippen MR) is 103 cm³/mol. The molecule has 2 aromatic carbocycles. The van der Waals surface area contributed by atoms with Gasteiger partial charge in [0, 0.05) is 24.0 Å². The van der Waals surface area contributed by atoms with Gasteiger partial charge >= 0.3 is 0 Å². The molecule has 1 amide bonds. The normalized spacial score (nSPS) is 13.2. The third-order valence-corrected chi connectivity index (χ3v) is 4.51. The fourth-order valence-corrected chi connectivity index (χ4v) is 2.94. The van der Waals surface area contributed by atoms with Gasteiger partial charge in [-0.1, -0.05) is 17.7 Å². The van der Waals surface area contributed by atoms with Crippen LogP contribution in [0.2, 0.25) is 5.02 Å². The Bertz CT molecular complexity index is 973. The predicted octanol–water partition coefficient (Wildman–Crippen LogP) is 4.50.